The Hall–Kier alpha value is -0.530. The van der Waals surface area contributed by atoms with Gasteiger partial charge in [0.2, 0.25) is 5.91 Å². The van der Waals surface area contributed by atoms with Gasteiger partial charge in [0, 0.05) is 13.0 Å². The van der Waals surface area contributed by atoms with Crippen LogP contribution in [0.2, 0.25) is 0 Å². The molecule has 0 unspecified atom stereocenters. The molecule has 0 aliphatic heterocycles. The number of carbonyl (C=O) groups excluding carboxylic acids is 1. The molecule has 0 spiro atoms. The highest BCUT2D eigenvalue weighted by molar-refractivity contribution is 5.76. The number of hydrogen-bond donors (Lipinski definition) is 1. The van der Waals surface area contributed by atoms with Crippen molar-refractivity contribution >= 4 is 5.91 Å². The summed E-state index contributed by atoms with van der Waals surface area (Å²) < 4.78 is 0. The number of nitrogens with one attached hydrogen (secondary N) is 1. The first-order valence-electron chi connectivity index (χ1n) is 3.39. The van der Waals surface area contributed by atoms with Crippen molar-refractivity contribution in [3.05, 3.63) is 6.92 Å². The van der Waals surface area contributed by atoms with Crippen LogP contribution in [0.3, 0.4) is 0 Å². The molecule has 1 amide bonds. The van der Waals surface area contributed by atoms with E-state index >= 15 is 0 Å². The van der Waals surface area contributed by atoms with E-state index in [1.54, 1.807) is 0 Å². The van der Waals surface area contributed by atoms with Gasteiger partial charge in [-0.15, -0.1) is 0 Å². The Morgan fingerprint density at radius 3 is 2.78 bits per heavy atom. The Morgan fingerprint density at radius 2 is 2.33 bits per heavy atom. The van der Waals surface area contributed by atoms with Crippen LogP contribution in [0, 0.1) is 12.8 Å². The van der Waals surface area contributed by atoms with Gasteiger partial charge < -0.3 is 5.32 Å². The highest BCUT2D eigenvalue weighted by Crippen LogP contribution is 2.27. The Morgan fingerprint density at radius 1 is 1.67 bits per heavy atom. The Kier molecular flexibility index (Phi) is 2.09. The largest absolute Gasteiger partial charge is 0.356 e. The van der Waals surface area contributed by atoms with Crippen LogP contribution in [0.4, 0.5) is 0 Å². The van der Waals surface area contributed by atoms with Gasteiger partial charge >= 0.3 is 0 Å². The molecule has 1 aliphatic rings. The van der Waals surface area contributed by atoms with Crippen LogP contribution in [0.25, 0.3) is 0 Å². The van der Waals surface area contributed by atoms with E-state index in [1.165, 1.54) is 12.8 Å². The monoisotopic (exact) mass is 126 g/mol. The molecule has 0 atom stereocenters. The summed E-state index contributed by atoms with van der Waals surface area (Å²) in [7, 11) is 0. The van der Waals surface area contributed by atoms with Crippen molar-refractivity contribution in [2.75, 3.05) is 6.54 Å². The van der Waals surface area contributed by atoms with E-state index in [1.807, 2.05) is 0 Å². The van der Waals surface area contributed by atoms with E-state index in [0.717, 1.165) is 12.5 Å². The Labute approximate surface area is 55.6 Å². The zero-order valence-electron chi connectivity index (χ0n) is 5.52. The van der Waals surface area contributed by atoms with Crippen molar-refractivity contribution < 1.29 is 4.79 Å². The number of hydrogen-bond acceptors (Lipinski definition) is 1. The second kappa shape index (κ2) is 2.85. The first-order chi connectivity index (χ1) is 4.33. The maximum atomic E-state index is 10.6. The van der Waals surface area contributed by atoms with E-state index in [-0.39, 0.29) is 5.91 Å². The molecule has 1 aliphatic carbocycles. The molecule has 1 rings (SSSR count). The molecular weight excluding hydrogens is 114 g/mol. The molecule has 1 N–H and O–H groups in total. The third-order valence-electron chi connectivity index (χ3n) is 1.51. The lowest BCUT2D eigenvalue weighted by Crippen LogP contribution is -2.24. The van der Waals surface area contributed by atoms with E-state index in [2.05, 4.69) is 12.2 Å². The van der Waals surface area contributed by atoms with Gasteiger partial charge in [-0.05, 0) is 25.7 Å². The molecule has 9 heavy (non-hydrogen) atoms. The summed E-state index contributed by atoms with van der Waals surface area (Å²) in [4.78, 5) is 10.6. The average molecular weight is 126 g/mol. The summed E-state index contributed by atoms with van der Waals surface area (Å²) in [5.41, 5.74) is 0. The summed E-state index contributed by atoms with van der Waals surface area (Å²) >= 11 is 0. The second-order valence-corrected chi connectivity index (χ2v) is 2.50. The molecule has 0 aromatic rings. The van der Waals surface area contributed by atoms with Gasteiger partial charge in [0.1, 0.15) is 0 Å². The van der Waals surface area contributed by atoms with Crippen molar-refractivity contribution in [3.8, 4) is 0 Å². The van der Waals surface area contributed by atoms with Crippen LogP contribution in [0.5, 0.6) is 0 Å². The van der Waals surface area contributed by atoms with Crippen molar-refractivity contribution in [1.82, 2.24) is 5.32 Å². The third kappa shape index (κ3) is 2.49. The first-order valence-corrected chi connectivity index (χ1v) is 3.39. The van der Waals surface area contributed by atoms with E-state index in [0.29, 0.717) is 6.42 Å². The van der Waals surface area contributed by atoms with E-state index in [9.17, 15) is 4.79 Å². The van der Waals surface area contributed by atoms with Crippen molar-refractivity contribution in [1.29, 1.82) is 0 Å². The smallest absolute Gasteiger partial charge is 0.220 e. The van der Waals surface area contributed by atoms with Gasteiger partial charge in [-0.2, -0.15) is 0 Å². The molecule has 0 bridgehead atoms. The summed E-state index contributed by atoms with van der Waals surface area (Å²) in [6, 6.07) is 0. The van der Waals surface area contributed by atoms with Gasteiger partial charge in [-0.3, -0.25) is 4.79 Å². The lowest BCUT2D eigenvalue weighted by atomic mass is 10.4. The minimum atomic E-state index is 0.0712. The quantitative estimate of drug-likeness (QED) is 0.593. The summed E-state index contributed by atoms with van der Waals surface area (Å²) in [6.45, 7) is 4.34. The Balaban J connectivity index is 1.96. The van der Waals surface area contributed by atoms with Crippen molar-refractivity contribution in [3.63, 3.8) is 0 Å². The lowest BCUT2D eigenvalue weighted by molar-refractivity contribution is -0.120. The maximum absolute atomic E-state index is 10.6. The number of amides is 1. The van der Waals surface area contributed by atoms with Crippen molar-refractivity contribution in [2.24, 2.45) is 5.92 Å². The maximum Gasteiger partial charge on any atom is 0.220 e. The fraction of sp³-hybridized carbons (Fsp3) is 0.714. The summed E-state index contributed by atoms with van der Waals surface area (Å²) in [6.07, 6.45) is 2.95. The molecule has 0 heterocycles. The van der Waals surface area contributed by atoms with Crippen LogP contribution in [-0.4, -0.2) is 12.5 Å². The highest BCUT2D eigenvalue weighted by atomic mass is 16.1. The fourth-order valence-corrected chi connectivity index (χ4v) is 0.669. The summed E-state index contributed by atoms with van der Waals surface area (Å²) in [5.74, 6) is 0.849. The second-order valence-electron chi connectivity index (χ2n) is 2.50. The van der Waals surface area contributed by atoms with Crippen molar-refractivity contribution in [2.45, 2.75) is 19.3 Å². The fourth-order valence-electron chi connectivity index (χ4n) is 0.669. The first kappa shape index (κ1) is 6.59. The highest BCUT2D eigenvalue weighted by Gasteiger charge is 2.20. The molecule has 2 heteroatoms. The zero-order chi connectivity index (χ0) is 6.69. The molecule has 1 fully saturated rings. The topological polar surface area (TPSA) is 29.1 Å². The predicted octanol–water partition coefficient (Wildman–Crippen LogP) is 0.737. The summed E-state index contributed by atoms with van der Waals surface area (Å²) in [5, 5.41) is 2.79. The minimum Gasteiger partial charge on any atom is -0.356 e. The van der Waals surface area contributed by atoms with Crippen LogP contribution in [-0.2, 0) is 4.79 Å². The molecule has 51 valence electrons. The van der Waals surface area contributed by atoms with Gasteiger partial charge in [-0.1, -0.05) is 0 Å². The van der Waals surface area contributed by atoms with Gasteiger partial charge in [0.05, 0.1) is 0 Å². The average Bonchev–Trinajstić information content (AvgIpc) is 2.65. The number of rotatable bonds is 3. The van der Waals surface area contributed by atoms with Crippen LogP contribution in [0.1, 0.15) is 19.3 Å². The minimum absolute atomic E-state index is 0.0712. The van der Waals surface area contributed by atoms with Crippen LogP contribution < -0.4 is 5.32 Å². The SMILES string of the molecule is [CH2]CC(=O)NCC1CC1. The van der Waals surface area contributed by atoms with E-state index in [4.69, 9.17) is 0 Å². The van der Waals surface area contributed by atoms with Gasteiger partial charge in [0.15, 0.2) is 0 Å². The molecule has 0 aromatic carbocycles. The predicted molar refractivity (Wildman–Crippen MR) is 35.7 cm³/mol. The van der Waals surface area contributed by atoms with Gasteiger partial charge in [0.25, 0.3) is 0 Å². The van der Waals surface area contributed by atoms with Crippen LogP contribution in [0.15, 0.2) is 0 Å². The standard InChI is InChI=1S/C7H12NO/c1-2-7(9)8-5-6-3-4-6/h6H,1-5H2,(H,8,9). The third-order valence-corrected chi connectivity index (χ3v) is 1.51. The van der Waals surface area contributed by atoms with E-state index < -0.39 is 0 Å². The number of carbonyl (C=O) groups is 1. The molecule has 2 nitrogen and oxygen atoms in total. The lowest BCUT2D eigenvalue weighted by Gasteiger charge is -1.98. The Bertz CT molecular complexity index is 107. The normalized spacial score (nSPS) is 17.4. The zero-order valence-corrected chi connectivity index (χ0v) is 5.52. The van der Waals surface area contributed by atoms with Gasteiger partial charge in [-0.25, -0.2) is 0 Å². The molecule has 0 aromatic heterocycles. The molecule has 1 saturated carbocycles. The molecule has 0 saturated heterocycles. The molecular formula is C7H12NO. The molecule has 1 radical (unpaired) electrons. The van der Waals surface area contributed by atoms with Crippen LogP contribution >= 0.6 is 0 Å².